The Kier molecular flexibility index (Phi) is 7.39. The molecular weight excluding hydrogens is 196 g/mol. The van der Waals surface area contributed by atoms with Crippen molar-refractivity contribution in [1.82, 2.24) is 0 Å². The Morgan fingerprint density at radius 1 is 1.36 bits per heavy atom. The zero-order valence-corrected chi connectivity index (χ0v) is 10.6. The van der Waals surface area contributed by atoms with Crippen molar-refractivity contribution in [2.24, 2.45) is 11.5 Å². The van der Waals surface area contributed by atoms with Crippen LogP contribution in [0.25, 0.3) is 0 Å². The summed E-state index contributed by atoms with van der Waals surface area (Å²) in [6.45, 7) is 7.31. The quantitative estimate of drug-likeness (QED) is 0.475. The molecule has 0 aromatic carbocycles. The molecule has 14 heavy (non-hydrogen) atoms. The van der Waals surface area contributed by atoms with E-state index in [-0.39, 0.29) is 6.23 Å². The Morgan fingerprint density at radius 2 is 2.00 bits per heavy atom. The zero-order valence-electron chi connectivity index (χ0n) is 9.58. The molecule has 0 aliphatic rings. The lowest BCUT2D eigenvalue weighted by Gasteiger charge is -2.31. The first kappa shape index (κ1) is 14.1. The van der Waals surface area contributed by atoms with Gasteiger partial charge in [0, 0.05) is 6.61 Å². The van der Waals surface area contributed by atoms with Crippen LogP contribution in [0.2, 0.25) is 12.1 Å². The smallest absolute Gasteiger partial charge is 0.339 e. The first-order valence-electron chi connectivity index (χ1n) is 5.37. The fourth-order valence-electron chi connectivity index (χ4n) is 1.50. The summed E-state index contributed by atoms with van der Waals surface area (Å²) in [5.41, 5.74) is 11.2. The molecule has 4 N–H and O–H groups in total. The third-order valence-electron chi connectivity index (χ3n) is 2.11. The van der Waals surface area contributed by atoms with Gasteiger partial charge in [-0.2, -0.15) is 0 Å². The summed E-state index contributed by atoms with van der Waals surface area (Å²) in [4.78, 5) is 0. The highest BCUT2D eigenvalue weighted by Gasteiger charge is 2.35. The van der Waals surface area contributed by atoms with Gasteiger partial charge in [-0.05, 0) is 38.9 Å². The molecule has 2 unspecified atom stereocenters. The van der Waals surface area contributed by atoms with E-state index in [1.807, 2.05) is 13.8 Å². The monoisotopic (exact) mass is 220 g/mol. The third-order valence-corrected chi connectivity index (χ3v) is 5.92. The van der Waals surface area contributed by atoms with Gasteiger partial charge in [-0.15, -0.1) is 0 Å². The van der Waals surface area contributed by atoms with Crippen molar-refractivity contribution in [2.75, 3.05) is 13.2 Å². The van der Waals surface area contributed by atoms with Crippen LogP contribution in [0, 0.1) is 0 Å². The molecule has 0 rings (SSSR count). The van der Waals surface area contributed by atoms with E-state index in [0.717, 1.165) is 18.5 Å². The van der Waals surface area contributed by atoms with E-state index in [1.54, 1.807) is 0 Å². The summed E-state index contributed by atoms with van der Waals surface area (Å²) in [7, 11) is -2.06. The standard InChI is InChI=1S/C9H24N2O2Si/c1-4-12-14(5-2,8-6-7-10)13-9(3)11/h9H,4-8,10-11H2,1-3H3. The minimum atomic E-state index is -2.06. The van der Waals surface area contributed by atoms with Gasteiger partial charge in [-0.3, -0.25) is 0 Å². The van der Waals surface area contributed by atoms with Crippen molar-refractivity contribution in [2.45, 2.75) is 45.5 Å². The third kappa shape index (κ3) is 5.07. The molecule has 0 fully saturated rings. The molecule has 0 bridgehead atoms. The molecule has 0 saturated carbocycles. The van der Waals surface area contributed by atoms with Crippen LogP contribution in [0.4, 0.5) is 0 Å². The first-order chi connectivity index (χ1) is 6.60. The normalized spacial score (nSPS) is 17.8. The predicted molar refractivity (Wildman–Crippen MR) is 61.1 cm³/mol. The van der Waals surface area contributed by atoms with Gasteiger partial charge in [0.25, 0.3) is 0 Å². The lowest BCUT2D eigenvalue weighted by atomic mass is 10.5. The molecule has 0 aliphatic heterocycles. The van der Waals surface area contributed by atoms with Gasteiger partial charge >= 0.3 is 8.56 Å². The maximum absolute atomic E-state index is 5.77. The summed E-state index contributed by atoms with van der Waals surface area (Å²) in [6.07, 6.45) is 0.707. The SMILES string of the molecule is CCO[Si](CC)(CCCN)OC(C)N. The molecule has 0 aromatic rings. The lowest BCUT2D eigenvalue weighted by Crippen LogP contribution is -2.46. The van der Waals surface area contributed by atoms with Crippen LogP contribution in [0.1, 0.15) is 27.2 Å². The molecule has 5 heteroatoms. The lowest BCUT2D eigenvalue weighted by molar-refractivity contribution is 0.130. The van der Waals surface area contributed by atoms with Crippen LogP contribution >= 0.6 is 0 Å². The van der Waals surface area contributed by atoms with Gasteiger partial charge < -0.3 is 20.3 Å². The number of hydrogen-bond donors (Lipinski definition) is 2. The second kappa shape index (κ2) is 7.36. The van der Waals surface area contributed by atoms with Crippen LogP contribution in [-0.2, 0) is 8.85 Å². The van der Waals surface area contributed by atoms with Crippen LogP contribution in [0.15, 0.2) is 0 Å². The van der Waals surface area contributed by atoms with Crippen molar-refractivity contribution < 1.29 is 8.85 Å². The summed E-state index contributed by atoms with van der Waals surface area (Å²) in [6, 6.07) is 1.87. The van der Waals surface area contributed by atoms with Crippen LogP contribution < -0.4 is 11.5 Å². The van der Waals surface area contributed by atoms with Crippen molar-refractivity contribution in [3.8, 4) is 0 Å². The molecule has 86 valence electrons. The Hall–Kier alpha value is 0.0569. The van der Waals surface area contributed by atoms with E-state index < -0.39 is 8.56 Å². The average Bonchev–Trinajstić information content (AvgIpc) is 2.14. The summed E-state index contributed by atoms with van der Waals surface area (Å²) in [5.74, 6) is 0. The van der Waals surface area contributed by atoms with Gasteiger partial charge in [-0.1, -0.05) is 6.92 Å². The molecule has 0 radical (unpaired) electrons. The van der Waals surface area contributed by atoms with Crippen molar-refractivity contribution in [3.63, 3.8) is 0 Å². The molecule has 0 aromatic heterocycles. The zero-order chi connectivity index (χ0) is 11.0. The van der Waals surface area contributed by atoms with Crippen LogP contribution in [0.3, 0.4) is 0 Å². The predicted octanol–water partition coefficient (Wildman–Crippen LogP) is 1.16. The number of hydrogen-bond acceptors (Lipinski definition) is 4. The second-order valence-electron chi connectivity index (χ2n) is 3.41. The van der Waals surface area contributed by atoms with E-state index >= 15 is 0 Å². The molecule has 0 saturated heterocycles. The maximum Gasteiger partial charge on any atom is 0.339 e. The van der Waals surface area contributed by atoms with E-state index in [2.05, 4.69) is 6.92 Å². The van der Waals surface area contributed by atoms with Gasteiger partial charge in [-0.25, -0.2) is 0 Å². The number of rotatable bonds is 8. The summed E-state index contributed by atoms with van der Waals surface area (Å²) < 4.78 is 11.5. The highest BCUT2D eigenvalue weighted by atomic mass is 28.4. The van der Waals surface area contributed by atoms with E-state index in [9.17, 15) is 0 Å². The largest absolute Gasteiger partial charge is 0.394 e. The fourth-order valence-corrected chi connectivity index (χ4v) is 4.50. The molecule has 4 nitrogen and oxygen atoms in total. The highest BCUT2D eigenvalue weighted by Crippen LogP contribution is 2.21. The molecule has 0 heterocycles. The van der Waals surface area contributed by atoms with Crippen molar-refractivity contribution >= 4 is 8.56 Å². The first-order valence-corrected chi connectivity index (χ1v) is 7.60. The molecular formula is C9H24N2O2Si. The molecule has 0 spiro atoms. The second-order valence-corrected chi connectivity index (χ2v) is 6.97. The average molecular weight is 220 g/mol. The Labute approximate surface area is 88.2 Å². The van der Waals surface area contributed by atoms with Gasteiger partial charge in [0.2, 0.25) is 0 Å². The van der Waals surface area contributed by atoms with E-state index in [0.29, 0.717) is 13.2 Å². The van der Waals surface area contributed by atoms with E-state index in [4.69, 9.17) is 20.3 Å². The van der Waals surface area contributed by atoms with Gasteiger partial charge in [0.15, 0.2) is 0 Å². The Bertz CT molecular complexity index is 147. The van der Waals surface area contributed by atoms with Crippen LogP contribution in [0.5, 0.6) is 0 Å². The molecule has 0 aliphatic carbocycles. The van der Waals surface area contributed by atoms with Crippen molar-refractivity contribution in [3.05, 3.63) is 0 Å². The number of nitrogens with two attached hydrogens (primary N) is 2. The van der Waals surface area contributed by atoms with Crippen molar-refractivity contribution in [1.29, 1.82) is 0 Å². The topological polar surface area (TPSA) is 70.5 Å². The van der Waals surface area contributed by atoms with E-state index in [1.165, 1.54) is 0 Å². The molecule has 0 amide bonds. The van der Waals surface area contributed by atoms with Gasteiger partial charge in [0.1, 0.15) is 0 Å². The fraction of sp³-hybridized carbons (Fsp3) is 1.00. The minimum absolute atomic E-state index is 0.244. The maximum atomic E-state index is 5.77. The Balaban J connectivity index is 4.26. The summed E-state index contributed by atoms with van der Waals surface area (Å²) >= 11 is 0. The Morgan fingerprint density at radius 3 is 2.36 bits per heavy atom. The summed E-state index contributed by atoms with van der Waals surface area (Å²) in [5, 5.41) is 0. The highest BCUT2D eigenvalue weighted by molar-refractivity contribution is 6.67. The minimum Gasteiger partial charge on any atom is -0.394 e. The van der Waals surface area contributed by atoms with Gasteiger partial charge in [0.05, 0.1) is 6.23 Å². The molecule has 2 atom stereocenters. The van der Waals surface area contributed by atoms with Crippen LogP contribution in [-0.4, -0.2) is 27.9 Å².